The Morgan fingerprint density at radius 3 is 2.88 bits per heavy atom. The number of amides is 1. The first-order valence-corrected chi connectivity index (χ1v) is 5.98. The zero-order chi connectivity index (χ0) is 12.4. The van der Waals surface area contributed by atoms with Gasteiger partial charge in [0.15, 0.2) is 0 Å². The highest BCUT2D eigenvalue weighted by Gasteiger charge is 2.36. The molecule has 1 aliphatic rings. The van der Waals surface area contributed by atoms with Crippen molar-refractivity contribution < 1.29 is 4.79 Å². The Labute approximate surface area is 101 Å². The quantitative estimate of drug-likeness (QED) is 0.825. The van der Waals surface area contributed by atoms with E-state index >= 15 is 0 Å². The third kappa shape index (κ3) is 2.72. The van der Waals surface area contributed by atoms with Gasteiger partial charge in [-0.05, 0) is 25.3 Å². The molecule has 2 N–H and O–H groups in total. The van der Waals surface area contributed by atoms with Crippen LogP contribution in [0.15, 0.2) is 6.07 Å². The molecule has 1 heterocycles. The first kappa shape index (κ1) is 11.8. The number of rotatable bonds is 4. The van der Waals surface area contributed by atoms with Gasteiger partial charge < -0.3 is 10.6 Å². The number of carbonyl (C=O) groups is 1. The second-order valence-corrected chi connectivity index (χ2v) is 4.45. The second-order valence-electron chi connectivity index (χ2n) is 4.45. The van der Waals surface area contributed by atoms with Gasteiger partial charge in [-0.3, -0.25) is 4.79 Å². The topological polar surface area (TPSA) is 66.9 Å². The van der Waals surface area contributed by atoms with Crippen molar-refractivity contribution in [1.82, 2.24) is 15.3 Å². The number of carbonyl (C=O) groups excluding carboxylic acids is 1. The van der Waals surface area contributed by atoms with Gasteiger partial charge in [-0.15, -0.1) is 0 Å². The molecule has 1 saturated carbocycles. The molecule has 0 aliphatic heterocycles. The van der Waals surface area contributed by atoms with Crippen LogP contribution in [0.4, 0.5) is 5.95 Å². The molecule has 2 atom stereocenters. The largest absolute Gasteiger partial charge is 0.357 e. The lowest BCUT2D eigenvalue weighted by Gasteiger charge is -2.06. The Kier molecular flexibility index (Phi) is 3.26. The summed E-state index contributed by atoms with van der Waals surface area (Å²) in [6.45, 7) is 4.00. The van der Waals surface area contributed by atoms with Crippen molar-refractivity contribution in [2.75, 3.05) is 12.4 Å². The summed E-state index contributed by atoms with van der Waals surface area (Å²) >= 11 is 0. The molecule has 0 spiro atoms. The van der Waals surface area contributed by atoms with Crippen LogP contribution in [0.25, 0.3) is 0 Å². The average Bonchev–Trinajstić information content (AvgIpc) is 3.06. The fraction of sp³-hybridized carbons (Fsp3) is 0.583. The zero-order valence-electron chi connectivity index (χ0n) is 10.4. The minimum absolute atomic E-state index is 0.104. The van der Waals surface area contributed by atoms with E-state index in [2.05, 4.69) is 27.5 Å². The Balaban J connectivity index is 2.06. The Morgan fingerprint density at radius 2 is 2.29 bits per heavy atom. The van der Waals surface area contributed by atoms with Crippen LogP contribution in [0, 0.1) is 12.8 Å². The molecule has 5 nitrogen and oxygen atoms in total. The molecule has 0 radical (unpaired) electrons. The van der Waals surface area contributed by atoms with E-state index in [1.165, 1.54) is 0 Å². The number of aryl methyl sites for hydroxylation is 1. The molecule has 2 rings (SSSR count). The standard InChI is InChI=1S/C12H18N4O/c1-4-8-6-9(8)15-11(17)10-5-7(2)14-12(13-3)16-10/h5,8-9H,4,6H2,1-3H3,(H,15,17)(H,13,14,16). The molecule has 1 amide bonds. The maximum absolute atomic E-state index is 11.9. The maximum Gasteiger partial charge on any atom is 0.270 e. The molecule has 1 aromatic heterocycles. The summed E-state index contributed by atoms with van der Waals surface area (Å²) in [6.07, 6.45) is 2.21. The summed E-state index contributed by atoms with van der Waals surface area (Å²) in [6, 6.07) is 2.04. The third-order valence-corrected chi connectivity index (χ3v) is 3.07. The van der Waals surface area contributed by atoms with Gasteiger partial charge in [0, 0.05) is 18.8 Å². The summed E-state index contributed by atoms with van der Waals surface area (Å²) in [5.41, 5.74) is 1.22. The molecule has 17 heavy (non-hydrogen) atoms. The summed E-state index contributed by atoms with van der Waals surface area (Å²) in [4.78, 5) is 20.3. The molecule has 0 aromatic carbocycles. The van der Waals surface area contributed by atoms with Gasteiger partial charge in [-0.25, -0.2) is 9.97 Å². The summed E-state index contributed by atoms with van der Waals surface area (Å²) in [7, 11) is 1.74. The van der Waals surface area contributed by atoms with Crippen LogP contribution in [0.1, 0.15) is 35.9 Å². The van der Waals surface area contributed by atoms with Gasteiger partial charge in [0.25, 0.3) is 5.91 Å². The molecular weight excluding hydrogens is 216 g/mol. The van der Waals surface area contributed by atoms with E-state index in [0.29, 0.717) is 23.6 Å². The van der Waals surface area contributed by atoms with Crippen molar-refractivity contribution >= 4 is 11.9 Å². The number of hydrogen-bond acceptors (Lipinski definition) is 4. The molecule has 92 valence electrons. The molecule has 5 heteroatoms. The highest BCUT2D eigenvalue weighted by molar-refractivity contribution is 5.93. The Hall–Kier alpha value is -1.65. The SMILES string of the molecule is CCC1CC1NC(=O)c1cc(C)nc(NC)n1. The van der Waals surface area contributed by atoms with E-state index in [-0.39, 0.29) is 5.91 Å². The summed E-state index contributed by atoms with van der Waals surface area (Å²) in [5, 5.41) is 5.84. The van der Waals surface area contributed by atoms with E-state index < -0.39 is 0 Å². The van der Waals surface area contributed by atoms with Gasteiger partial charge in [0.05, 0.1) is 0 Å². The van der Waals surface area contributed by atoms with E-state index in [0.717, 1.165) is 18.5 Å². The summed E-state index contributed by atoms with van der Waals surface area (Å²) < 4.78 is 0. The van der Waals surface area contributed by atoms with Crippen LogP contribution < -0.4 is 10.6 Å². The van der Waals surface area contributed by atoms with Crippen molar-refractivity contribution in [1.29, 1.82) is 0 Å². The van der Waals surface area contributed by atoms with Crippen molar-refractivity contribution in [2.45, 2.75) is 32.7 Å². The molecule has 0 bridgehead atoms. The monoisotopic (exact) mass is 234 g/mol. The molecule has 1 fully saturated rings. The average molecular weight is 234 g/mol. The molecular formula is C12H18N4O. The van der Waals surface area contributed by atoms with Crippen molar-refractivity contribution in [3.05, 3.63) is 17.5 Å². The van der Waals surface area contributed by atoms with Crippen LogP contribution in [0.5, 0.6) is 0 Å². The number of anilines is 1. The predicted octanol–water partition coefficient (Wildman–Crippen LogP) is 1.36. The Bertz CT molecular complexity index is 433. The smallest absolute Gasteiger partial charge is 0.270 e. The lowest BCUT2D eigenvalue weighted by atomic mass is 10.3. The molecule has 1 aromatic rings. The lowest BCUT2D eigenvalue weighted by molar-refractivity contribution is 0.0944. The van der Waals surface area contributed by atoms with Crippen LogP contribution >= 0.6 is 0 Å². The highest BCUT2D eigenvalue weighted by atomic mass is 16.2. The van der Waals surface area contributed by atoms with E-state index in [4.69, 9.17) is 0 Å². The number of aromatic nitrogens is 2. The molecule has 2 unspecified atom stereocenters. The second kappa shape index (κ2) is 4.69. The number of nitrogens with one attached hydrogen (secondary N) is 2. The fourth-order valence-electron chi connectivity index (χ4n) is 1.91. The van der Waals surface area contributed by atoms with Gasteiger partial charge >= 0.3 is 0 Å². The van der Waals surface area contributed by atoms with Crippen LogP contribution in [0.2, 0.25) is 0 Å². The lowest BCUT2D eigenvalue weighted by Crippen LogP contribution is -2.28. The number of hydrogen-bond donors (Lipinski definition) is 2. The van der Waals surface area contributed by atoms with Gasteiger partial charge in [-0.1, -0.05) is 13.3 Å². The van der Waals surface area contributed by atoms with Gasteiger partial charge in [0.2, 0.25) is 5.95 Å². The first-order valence-electron chi connectivity index (χ1n) is 5.98. The third-order valence-electron chi connectivity index (χ3n) is 3.07. The van der Waals surface area contributed by atoms with Crippen molar-refractivity contribution in [2.24, 2.45) is 5.92 Å². The fourth-order valence-corrected chi connectivity index (χ4v) is 1.91. The van der Waals surface area contributed by atoms with Crippen LogP contribution in [-0.2, 0) is 0 Å². The van der Waals surface area contributed by atoms with Gasteiger partial charge in [0.1, 0.15) is 5.69 Å². The highest BCUT2D eigenvalue weighted by Crippen LogP contribution is 2.33. The number of nitrogens with zero attached hydrogens (tertiary/aromatic N) is 2. The molecule has 0 saturated heterocycles. The maximum atomic E-state index is 11.9. The van der Waals surface area contributed by atoms with Crippen LogP contribution in [-0.4, -0.2) is 29.0 Å². The first-order chi connectivity index (χ1) is 8.13. The zero-order valence-corrected chi connectivity index (χ0v) is 10.4. The van der Waals surface area contributed by atoms with Gasteiger partial charge in [-0.2, -0.15) is 0 Å². The van der Waals surface area contributed by atoms with E-state index in [1.54, 1.807) is 13.1 Å². The van der Waals surface area contributed by atoms with Crippen molar-refractivity contribution in [3.63, 3.8) is 0 Å². The molecule has 1 aliphatic carbocycles. The minimum atomic E-state index is -0.104. The minimum Gasteiger partial charge on any atom is -0.357 e. The van der Waals surface area contributed by atoms with Crippen molar-refractivity contribution in [3.8, 4) is 0 Å². The van der Waals surface area contributed by atoms with E-state index in [9.17, 15) is 4.79 Å². The van der Waals surface area contributed by atoms with E-state index in [1.807, 2.05) is 6.92 Å². The predicted molar refractivity (Wildman–Crippen MR) is 66.0 cm³/mol. The Morgan fingerprint density at radius 1 is 1.53 bits per heavy atom. The normalized spacial score (nSPS) is 22.1. The van der Waals surface area contributed by atoms with Crippen LogP contribution in [0.3, 0.4) is 0 Å². The summed E-state index contributed by atoms with van der Waals surface area (Å²) in [5.74, 6) is 1.02.